The maximum atomic E-state index is 12.8. The summed E-state index contributed by atoms with van der Waals surface area (Å²) in [6, 6.07) is 16.9. The number of hydrogen-bond donors (Lipinski definition) is 1. The van der Waals surface area contributed by atoms with Gasteiger partial charge in [-0.2, -0.15) is 0 Å². The summed E-state index contributed by atoms with van der Waals surface area (Å²) in [4.78, 5) is 52.4. The van der Waals surface area contributed by atoms with Gasteiger partial charge in [0.1, 0.15) is 6.54 Å². The first-order valence-electron chi connectivity index (χ1n) is 9.74. The van der Waals surface area contributed by atoms with Gasteiger partial charge >= 0.3 is 17.1 Å². The third-order valence-corrected chi connectivity index (χ3v) is 5.53. The second-order valence-corrected chi connectivity index (χ2v) is 7.81. The Balaban J connectivity index is 1.91. The maximum Gasteiger partial charge on any atom is 0.337 e. The molecular formula is C23H22N4O4S. The van der Waals surface area contributed by atoms with Crippen molar-refractivity contribution in [1.29, 1.82) is 0 Å². The molecule has 3 aromatic rings. The summed E-state index contributed by atoms with van der Waals surface area (Å²) in [5.74, 6) is -0.570. The van der Waals surface area contributed by atoms with Gasteiger partial charge in [0, 0.05) is 9.79 Å². The number of anilines is 1. The van der Waals surface area contributed by atoms with Gasteiger partial charge in [-0.05, 0) is 24.3 Å². The third kappa shape index (κ3) is 5.06. The number of carbonyl (C=O) groups is 1. The van der Waals surface area contributed by atoms with E-state index < -0.39 is 29.5 Å². The van der Waals surface area contributed by atoms with Crippen LogP contribution in [0.1, 0.15) is 0 Å². The van der Waals surface area contributed by atoms with Gasteiger partial charge in [0.2, 0.25) is 5.91 Å². The maximum absolute atomic E-state index is 12.8. The monoisotopic (exact) mass is 450 g/mol. The van der Waals surface area contributed by atoms with Gasteiger partial charge in [-0.25, -0.2) is 28.1 Å². The fourth-order valence-electron chi connectivity index (χ4n) is 3.00. The lowest BCUT2D eigenvalue weighted by atomic mass is 10.3. The topological polar surface area (TPSA) is 95.1 Å². The van der Waals surface area contributed by atoms with E-state index in [2.05, 4.69) is 18.5 Å². The van der Waals surface area contributed by atoms with Crippen LogP contribution in [-0.4, -0.2) is 19.6 Å². The molecule has 32 heavy (non-hydrogen) atoms. The fourth-order valence-corrected chi connectivity index (χ4v) is 3.92. The first-order chi connectivity index (χ1) is 15.5. The molecular weight excluding hydrogens is 428 g/mol. The van der Waals surface area contributed by atoms with Crippen LogP contribution in [0, 0.1) is 0 Å². The van der Waals surface area contributed by atoms with Crippen molar-refractivity contribution in [2.45, 2.75) is 29.4 Å². The van der Waals surface area contributed by atoms with Crippen LogP contribution in [0.2, 0.25) is 0 Å². The number of amides is 1. The van der Waals surface area contributed by atoms with Gasteiger partial charge in [-0.1, -0.05) is 54.2 Å². The number of benzene rings is 2. The molecule has 0 fully saturated rings. The Morgan fingerprint density at radius 2 is 1.34 bits per heavy atom. The van der Waals surface area contributed by atoms with Crippen molar-refractivity contribution in [1.82, 2.24) is 13.7 Å². The molecule has 0 aliphatic rings. The Kier molecular flexibility index (Phi) is 7.45. The minimum atomic E-state index is -0.873. The molecule has 0 atom stereocenters. The summed E-state index contributed by atoms with van der Waals surface area (Å²) in [6.45, 7) is 6.33. The minimum Gasteiger partial charge on any atom is -0.323 e. The van der Waals surface area contributed by atoms with Crippen molar-refractivity contribution >= 4 is 23.4 Å². The molecule has 1 aromatic heterocycles. The Morgan fingerprint density at radius 1 is 0.812 bits per heavy atom. The summed E-state index contributed by atoms with van der Waals surface area (Å²) in [7, 11) is 0. The van der Waals surface area contributed by atoms with E-state index in [4.69, 9.17) is 0 Å². The molecule has 2 aromatic carbocycles. The van der Waals surface area contributed by atoms with Crippen molar-refractivity contribution in [3.05, 3.63) is 111 Å². The van der Waals surface area contributed by atoms with Crippen molar-refractivity contribution in [3.8, 4) is 0 Å². The smallest absolute Gasteiger partial charge is 0.323 e. The second kappa shape index (κ2) is 10.5. The fraction of sp³-hybridized carbons (Fsp3) is 0.130. The molecule has 1 amide bonds. The van der Waals surface area contributed by atoms with Gasteiger partial charge < -0.3 is 5.32 Å². The molecule has 0 saturated heterocycles. The summed E-state index contributed by atoms with van der Waals surface area (Å²) >= 11 is 1.47. The van der Waals surface area contributed by atoms with Crippen LogP contribution >= 0.6 is 11.8 Å². The van der Waals surface area contributed by atoms with Crippen molar-refractivity contribution < 1.29 is 4.79 Å². The predicted molar refractivity (Wildman–Crippen MR) is 125 cm³/mol. The number of para-hydroxylation sites is 1. The van der Waals surface area contributed by atoms with Crippen LogP contribution in [-0.2, 0) is 24.4 Å². The molecule has 0 spiro atoms. The molecule has 1 N–H and O–H groups in total. The van der Waals surface area contributed by atoms with Gasteiger partial charge in [0.05, 0.1) is 18.8 Å². The van der Waals surface area contributed by atoms with Crippen LogP contribution < -0.4 is 22.4 Å². The lowest BCUT2D eigenvalue weighted by molar-refractivity contribution is -0.116. The molecule has 0 aliphatic heterocycles. The van der Waals surface area contributed by atoms with Crippen molar-refractivity contribution in [3.63, 3.8) is 0 Å². The van der Waals surface area contributed by atoms with Gasteiger partial charge in [0.15, 0.2) is 0 Å². The molecule has 0 saturated carbocycles. The van der Waals surface area contributed by atoms with E-state index in [-0.39, 0.29) is 13.1 Å². The molecule has 1 heterocycles. The van der Waals surface area contributed by atoms with Crippen LogP contribution in [0.25, 0.3) is 0 Å². The summed E-state index contributed by atoms with van der Waals surface area (Å²) in [5, 5.41) is 2.76. The molecule has 0 aliphatic carbocycles. The number of allylic oxidation sites excluding steroid dienone is 2. The van der Waals surface area contributed by atoms with E-state index in [0.29, 0.717) is 5.69 Å². The second-order valence-electron chi connectivity index (χ2n) is 6.69. The van der Waals surface area contributed by atoms with Crippen molar-refractivity contribution in [2.75, 3.05) is 5.32 Å². The number of nitrogens with zero attached hydrogens (tertiary/aromatic N) is 3. The minimum absolute atomic E-state index is 0.0900. The highest BCUT2D eigenvalue weighted by molar-refractivity contribution is 7.99. The quantitative estimate of drug-likeness (QED) is 0.505. The van der Waals surface area contributed by atoms with Crippen LogP contribution in [0.3, 0.4) is 0 Å². The van der Waals surface area contributed by atoms with E-state index in [1.165, 1.54) is 23.9 Å². The van der Waals surface area contributed by atoms with Crippen LogP contribution in [0.4, 0.5) is 5.69 Å². The molecule has 0 bridgehead atoms. The lowest BCUT2D eigenvalue weighted by Gasteiger charge is -2.13. The van der Waals surface area contributed by atoms with E-state index in [1.54, 1.807) is 12.1 Å². The van der Waals surface area contributed by atoms with Crippen molar-refractivity contribution in [2.24, 2.45) is 0 Å². The highest BCUT2D eigenvalue weighted by atomic mass is 32.2. The highest BCUT2D eigenvalue weighted by Crippen LogP contribution is 2.33. The molecule has 9 heteroatoms. The average molecular weight is 451 g/mol. The Bertz CT molecular complexity index is 1270. The van der Waals surface area contributed by atoms with E-state index in [0.717, 1.165) is 23.5 Å². The van der Waals surface area contributed by atoms with Crippen LogP contribution in [0.15, 0.2) is 104 Å². The number of hydrogen-bond acceptors (Lipinski definition) is 5. The van der Waals surface area contributed by atoms with Gasteiger partial charge in [-0.15, -0.1) is 13.2 Å². The number of carbonyl (C=O) groups excluding carboxylic acids is 1. The van der Waals surface area contributed by atoms with Crippen LogP contribution in [0.5, 0.6) is 0 Å². The zero-order valence-electron chi connectivity index (χ0n) is 17.3. The standard InChI is InChI=1S/C23H22N4O4S/c1-3-14-25-21(29)26(15-4-2)23(31)27(22(25)30)16-20(28)24-18-12-8-9-13-19(18)32-17-10-6-5-7-11-17/h3-13H,1-2,14-16H2,(H,24,28). The lowest BCUT2D eigenvalue weighted by Crippen LogP contribution is -2.55. The number of nitrogens with one attached hydrogen (secondary N) is 1. The summed E-state index contributed by atoms with van der Waals surface area (Å²) in [5.41, 5.74) is -1.98. The predicted octanol–water partition coefficient (Wildman–Crippen LogP) is 2.33. The average Bonchev–Trinajstić information content (AvgIpc) is 2.79. The summed E-state index contributed by atoms with van der Waals surface area (Å²) < 4.78 is 2.44. The third-order valence-electron chi connectivity index (χ3n) is 4.44. The SMILES string of the molecule is C=CCn1c(=O)n(CC=C)c(=O)n(CC(=O)Nc2ccccc2Sc2ccccc2)c1=O. The Morgan fingerprint density at radius 3 is 1.94 bits per heavy atom. The Hall–Kier alpha value is -3.85. The molecule has 8 nitrogen and oxygen atoms in total. The first kappa shape index (κ1) is 22.8. The van der Waals surface area contributed by atoms with Gasteiger partial charge in [0.25, 0.3) is 0 Å². The largest absolute Gasteiger partial charge is 0.337 e. The Labute approximate surface area is 188 Å². The molecule has 164 valence electrons. The first-order valence-corrected chi connectivity index (χ1v) is 10.6. The summed E-state index contributed by atoms with van der Waals surface area (Å²) in [6.07, 6.45) is 2.74. The van der Waals surface area contributed by atoms with E-state index >= 15 is 0 Å². The van der Waals surface area contributed by atoms with Gasteiger partial charge in [-0.3, -0.25) is 4.79 Å². The number of aromatic nitrogens is 3. The zero-order chi connectivity index (χ0) is 23.1. The number of rotatable bonds is 9. The van der Waals surface area contributed by atoms with E-state index in [1.807, 2.05) is 42.5 Å². The highest BCUT2D eigenvalue weighted by Gasteiger charge is 2.17. The molecule has 0 unspecified atom stereocenters. The molecule has 3 rings (SSSR count). The zero-order valence-corrected chi connectivity index (χ0v) is 18.1. The normalized spacial score (nSPS) is 10.5. The van der Waals surface area contributed by atoms with E-state index in [9.17, 15) is 19.2 Å². The molecule has 0 radical (unpaired) electrons.